The van der Waals surface area contributed by atoms with Gasteiger partial charge in [-0.05, 0) is 50.6 Å². The van der Waals surface area contributed by atoms with E-state index < -0.39 is 30.2 Å². The van der Waals surface area contributed by atoms with Gasteiger partial charge in [0.15, 0.2) is 0 Å². The zero-order valence-electron chi connectivity index (χ0n) is 30.4. The second kappa shape index (κ2) is 19.7. The van der Waals surface area contributed by atoms with Gasteiger partial charge in [0.05, 0.1) is 49.2 Å². The molecule has 2 rings (SSSR count). The quantitative estimate of drug-likeness (QED) is 0.208. The molecule has 1 aliphatic heterocycles. The van der Waals surface area contributed by atoms with E-state index in [1.165, 1.54) is 0 Å². The smallest absolute Gasteiger partial charge is 0.242 e. The molecule has 11 heteroatoms. The second-order valence-corrected chi connectivity index (χ2v) is 13.5. The third kappa shape index (κ3) is 11.3. The van der Waals surface area contributed by atoms with Crippen LogP contribution in [0.1, 0.15) is 72.8 Å². The normalized spacial score (nSPS) is 19.3. The first-order valence-electron chi connectivity index (χ1n) is 17.2. The third-order valence-corrected chi connectivity index (χ3v) is 9.75. The van der Waals surface area contributed by atoms with Gasteiger partial charge in [-0.1, -0.05) is 71.4 Å². The molecule has 0 bridgehead atoms. The van der Waals surface area contributed by atoms with E-state index in [0.717, 1.165) is 31.2 Å². The minimum atomic E-state index is -0.565. The number of nitrogens with one attached hydrogen (secondary N) is 3. The number of hydrogen-bond acceptors (Lipinski definition) is 7. The average Bonchev–Trinajstić information content (AvgIpc) is 3.53. The highest BCUT2D eigenvalue weighted by molar-refractivity contribution is 5.87. The Morgan fingerprint density at radius 2 is 1.66 bits per heavy atom. The summed E-state index contributed by atoms with van der Waals surface area (Å²) in [7, 11) is 6.59. The van der Waals surface area contributed by atoms with Gasteiger partial charge in [0.2, 0.25) is 23.6 Å². The Labute approximate surface area is 282 Å². The van der Waals surface area contributed by atoms with Crippen molar-refractivity contribution in [3.63, 3.8) is 0 Å². The zero-order valence-corrected chi connectivity index (χ0v) is 30.4. The number of hydrogen-bond donors (Lipinski definition) is 3. The molecule has 11 nitrogen and oxygen atoms in total. The van der Waals surface area contributed by atoms with E-state index >= 15 is 0 Å². The van der Waals surface area contributed by atoms with Crippen LogP contribution in [0.3, 0.4) is 0 Å². The molecule has 0 radical (unpaired) electrons. The highest BCUT2D eigenvalue weighted by Gasteiger charge is 2.42. The average molecular weight is 660 g/mol. The van der Waals surface area contributed by atoms with Crippen LogP contribution in [-0.4, -0.2) is 111 Å². The standard InChI is InChI=1S/C36H61N5O6/c1-11-24(4)33(40(8)31(43)22-38-36(45)32(37-7)23(2)3)29(46-9)21-30(42)41-19-15-18-28(41)34(47-10)26(6)35(44)39-25(5)20-27-16-13-12-14-17-27/h12-14,16-17,23-26,28-29,32-34,37H,11,15,18-22H2,1-10H3,(H,38,45)(H,39,44)/t24-,25+,26+,28-,29+,32-,33?,34+/m0/s1. The van der Waals surface area contributed by atoms with Gasteiger partial charge >= 0.3 is 0 Å². The van der Waals surface area contributed by atoms with Crippen molar-refractivity contribution < 1.29 is 28.7 Å². The number of carbonyl (C=O) groups excluding carboxylic acids is 4. The van der Waals surface area contributed by atoms with Crippen molar-refractivity contribution in [2.24, 2.45) is 17.8 Å². The van der Waals surface area contributed by atoms with Gasteiger partial charge in [0.25, 0.3) is 0 Å². The van der Waals surface area contributed by atoms with E-state index in [4.69, 9.17) is 9.47 Å². The van der Waals surface area contributed by atoms with Crippen LogP contribution >= 0.6 is 0 Å². The van der Waals surface area contributed by atoms with Gasteiger partial charge in [-0.25, -0.2) is 0 Å². The summed E-state index contributed by atoms with van der Waals surface area (Å²) < 4.78 is 11.8. The summed E-state index contributed by atoms with van der Waals surface area (Å²) in [5, 5.41) is 8.89. The van der Waals surface area contributed by atoms with Crippen LogP contribution in [0.15, 0.2) is 30.3 Å². The number of likely N-dealkylation sites (tertiary alicyclic amines) is 1. The number of amides is 4. The fourth-order valence-electron chi connectivity index (χ4n) is 6.88. The zero-order chi connectivity index (χ0) is 35.3. The monoisotopic (exact) mass is 659 g/mol. The van der Waals surface area contributed by atoms with Crippen LogP contribution < -0.4 is 16.0 Å². The number of ether oxygens (including phenoxy) is 2. The minimum Gasteiger partial charge on any atom is -0.379 e. The van der Waals surface area contributed by atoms with Crippen molar-refractivity contribution in [3.8, 4) is 0 Å². The first kappa shape index (κ1) is 40.2. The molecule has 1 aliphatic rings. The third-order valence-electron chi connectivity index (χ3n) is 9.75. The summed E-state index contributed by atoms with van der Waals surface area (Å²) in [6.45, 7) is 12.2. The van der Waals surface area contributed by atoms with Crippen LogP contribution in [0.25, 0.3) is 0 Å². The van der Waals surface area contributed by atoms with E-state index in [2.05, 4.69) is 16.0 Å². The molecule has 47 heavy (non-hydrogen) atoms. The molecule has 0 aliphatic carbocycles. The fraction of sp³-hybridized carbons (Fsp3) is 0.722. The molecule has 1 unspecified atom stereocenters. The van der Waals surface area contributed by atoms with E-state index in [-0.39, 0.29) is 60.5 Å². The van der Waals surface area contributed by atoms with Crippen molar-refractivity contribution in [1.82, 2.24) is 25.8 Å². The van der Waals surface area contributed by atoms with Crippen molar-refractivity contribution >= 4 is 23.6 Å². The Kier molecular flexibility index (Phi) is 16.8. The van der Waals surface area contributed by atoms with Gasteiger partial charge in [-0.15, -0.1) is 0 Å². The molecule has 1 saturated heterocycles. The lowest BCUT2D eigenvalue weighted by Gasteiger charge is -2.39. The summed E-state index contributed by atoms with van der Waals surface area (Å²) >= 11 is 0. The van der Waals surface area contributed by atoms with Gasteiger partial charge in [-0.3, -0.25) is 19.2 Å². The number of methoxy groups -OCH3 is 2. The molecular weight excluding hydrogens is 598 g/mol. The number of rotatable bonds is 19. The molecule has 4 amide bonds. The number of benzene rings is 1. The summed E-state index contributed by atoms with van der Waals surface area (Å²) in [4.78, 5) is 56.7. The first-order valence-corrected chi connectivity index (χ1v) is 17.2. The van der Waals surface area contributed by atoms with Crippen LogP contribution in [0.2, 0.25) is 0 Å². The first-order chi connectivity index (χ1) is 22.3. The Bertz CT molecular complexity index is 1130. The summed E-state index contributed by atoms with van der Waals surface area (Å²) in [6, 6.07) is 8.93. The maximum atomic E-state index is 13.9. The van der Waals surface area contributed by atoms with Crippen molar-refractivity contribution in [1.29, 1.82) is 0 Å². The van der Waals surface area contributed by atoms with Gasteiger partial charge < -0.3 is 35.2 Å². The Hall–Kier alpha value is -3.02. The molecule has 0 saturated carbocycles. The predicted molar refractivity (Wildman–Crippen MR) is 185 cm³/mol. The van der Waals surface area contributed by atoms with Gasteiger partial charge in [0.1, 0.15) is 0 Å². The molecule has 1 fully saturated rings. The topological polar surface area (TPSA) is 129 Å². The molecule has 266 valence electrons. The van der Waals surface area contributed by atoms with E-state index in [9.17, 15) is 19.2 Å². The Morgan fingerprint density at radius 1 is 1.00 bits per heavy atom. The van der Waals surface area contributed by atoms with E-state index in [1.54, 1.807) is 33.2 Å². The highest BCUT2D eigenvalue weighted by atomic mass is 16.5. The van der Waals surface area contributed by atoms with E-state index in [1.807, 2.05) is 76.8 Å². The molecule has 0 aromatic heterocycles. The summed E-state index contributed by atoms with van der Waals surface area (Å²) in [6.07, 6.45) is 2.07. The molecule has 1 aromatic rings. The SMILES string of the molecule is CC[C@H](C)C([C@@H](CC(=O)N1CCC[C@H]1[C@H](OC)[C@@H](C)C(=O)N[C@H](C)Cc1ccccc1)OC)N(C)C(=O)CNC(=O)[C@@H](NC)C(C)C. The lowest BCUT2D eigenvalue weighted by molar-refractivity contribution is -0.145. The second-order valence-electron chi connectivity index (χ2n) is 13.5. The predicted octanol–water partition coefficient (Wildman–Crippen LogP) is 3.01. The minimum absolute atomic E-state index is 0.0285. The largest absolute Gasteiger partial charge is 0.379 e. The maximum absolute atomic E-state index is 13.9. The maximum Gasteiger partial charge on any atom is 0.242 e. The fourth-order valence-corrected chi connectivity index (χ4v) is 6.88. The molecule has 1 aromatic carbocycles. The summed E-state index contributed by atoms with van der Waals surface area (Å²) in [5.41, 5.74) is 1.15. The lowest BCUT2D eigenvalue weighted by atomic mass is 9.90. The molecule has 8 atom stereocenters. The lowest BCUT2D eigenvalue weighted by Crippen LogP contribution is -2.55. The van der Waals surface area contributed by atoms with Crippen LogP contribution in [0.4, 0.5) is 0 Å². The Morgan fingerprint density at radius 3 is 2.21 bits per heavy atom. The number of carbonyl (C=O) groups is 4. The molecule has 1 heterocycles. The van der Waals surface area contributed by atoms with Gasteiger partial charge in [0, 0.05) is 33.9 Å². The van der Waals surface area contributed by atoms with Crippen LogP contribution in [-0.2, 0) is 35.1 Å². The number of nitrogens with zero attached hydrogens (tertiary/aromatic N) is 2. The van der Waals surface area contributed by atoms with Crippen LogP contribution in [0.5, 0.6) is 0 Å². The summed E-state index contributed by atoms with van der Waals surface area (Å²) in [5.74, 6) is -1.06. The molecule has 3 N–H and O–H groups in total. The Balaban J connectivity index is 2.12. The number of likely N-dealkylation sites (N-methyl/N-ethyl adjacent to an activating group) is 2. The highest BCUT2D eigenvalue weighted by Crippen LogP contribution is 2.29. The van der Waals surface area contributed by atoms with Crippen molar-refractivity contribution in [2.75, 3.05) is 41.4 Å². The van der Waals surface area contributed by atoms with Crippen LogP contribution in [0, 0.1) is 17.8 Å². The van der Waals surface area contributed by atoms with Crippen molar-refractivity contribution in [3.05, 3.63) is 35.9 Å². The van der Waals surface area contributed by atoms with E-state index in [0.29, 0.717) is 6.54 Å². The van der Waals surface area contributed by atoms with Crippen molar-refractivity contribution in [2.45, 2.75) is 110 Å². The molecule has 0 spiro atoms. The van der Waals surface area contributed by atoms with Gasteiger partial charge in [-0.2, -0.15) is 0 Å². The molecular formula is C36H61N5O6.